The highest BCUT2D eigenvalue weighted by atomic mass is 32.1. The van der Waals surface area contributed by atoms with Crippen LogP contribution in [0.25, 0.3) is 49.7 Å². The number of hydrogen-bond donors (Lipinski definition) is 1. The molecule has 8 aromatic rings. The zero-order valence-electron chi connectivity index (χ0n) is 23.3. The predicted octanol–water partition coefficient (Wildman–Crippen LogP) is 9.62. The zero-order valence-corrected chi connectivity index (χ0v) is 24.1. The van der Waals surface area contributed by atoms with Crippen molar-refractivity contribution in [3.05, 3.63) is 145 Å². The molecule has 0 unspecified atom stereocenters. The van der Waals surface area contributed by atoms with Gasteiger partial charge in [0.05, 0.1) is 34.0 Å². The van der Waals surface area contributed by atoms with Crippen molar-refractivity contribution in [2.45, 2.75) is 0 Å². The molecule has 0 saturated carbocycles. The number of carbonyl (C=O) groups is 1. The summed E-state index contributed by atoms with van der Waals surface area (Å²) >= 11 is 1.22. The Morgan fingerprint density at radius 1 is 0.614 bits per heavy atom. The van der Waals surface area contributed by atoms with Gasteiger partial charge in [0.1, 0.15) is 11.0 Å². The second-order valence-electron chi connectivity index (χ2n) is 10.5. The Bertz CT molecular complexity index is 2270. The molecule has 0 amide bonds. The van der Waals surface area contributed by atoms with Crippen LogP contribution in [0.4, 0.5) is 17.1 Å². The van der Waals surface area contributed by atoms with E-state index in [9.17, 15) is 9.90 Å². The number of anilines is 3. The average molecular weight is 589 g/mol. The van der Waals surface area contributed by atoms with E-state index in [0.29, 0.717) is 0 Å². The number of rotatable bonds is 6. The molecule has 0 fully saturated rings. The molecule has 0 aliphatic rings. The molecule has 0 radical (unpaired) electrons. The van der Waals surface area contributed by atoms with Crippen LogP contribution in [0, 0.1) is 0 Å². The van der Waals surface area contributed by atoms with Crippen LogP contribution in [0.5, 0.6) is 0 Å². The lowest BCUT2D eigenvalue weighted by atomic mass is 9.97. The zero-order chi connectivity index (χ0) is 29.6. The van der Waals surface area contributed by atoms with Gasteiger partial charge in [0.25, 0.3) is 0 Å². The summed E-state index contributed by atoms with van der Waals surface area (Å²) in [6.07, 6.45) is 0. The van der Waals surface area contributed by atoms with Gasteiger partial charge in [-0.25, -0.2) is 4.79 Å². The summed E-state index contributed by atoms with van der Waals surface area (Å²) in [4.78, 5) is 13.7. The van der Waals surface area contributed by atoms with Gasteiger partial charge in [0, 0.05) is 33.4 Å². The van der Waals surface area contributed by atoms with Crippen molar-refractivity contribution in [3.63, 3.8) is 0 Å². The van der Waals surface area contributed by atoms with E-state index < -0.39 is 5.97 Å². The molecular formula is C37H24N4O2S. The van der Waals surface area contributed by atoms with E-state index in [0.717, 1.165) is 66.7 Å². The molecule has 0 aliphatic carbocycles. The van der Waals surface area contributed by atoms with Crippen LogP contribution in [0.1, 0.15) is 10.4 Å². The van der Waals surface area contributed by atoms with Gasteiger partial charge >= 0.3 is 5.97 Å². The number of aromatic nitrogens is 3. The second kappa shape index (κ2) is 10.5. The first kappa shape index (κ1) is 25.9. The fraction of sp³-hybridized carbons (Fsp3) is 0. The number of para-hydroxylation sites is 3. The minimum atomic E-state index is -0.941. The van der Waals surface area contributed by atoms with Gasteiger partial charge in [-0.05, 0) is 78.4 Å². The van der Waals surface area contributed by atoms with Gasteiger partial charge < -0.3 is 14.6 Å². The van der Waals surface area contributed by atoms with E-state index in [2.05, 4.69) is 82.3 Å². The van der Waals surface area contributed by atoms with Crippen LogP contribution in [0.15, 0.2) is 140 Å². The Morgan fingerprint density at radius 3 is 1.95 bits per heavy atom. The second-order valence-corrected chi connectivity index (χ2v) is 11.0. The van der Waals surface area contributed by atoms with Crippen LogP contribution in [0.3, 0.4) is 0 Å². The maximum Gasteiger partial charge on any atom is 0.335 e. The van der Waals surface area contributed by atoms with Crippen LogP contribution >= 0.6 is 11.7 Å². The first-order valence-corrected chi connectivity index (χ1v) is 14.9. The first-order valence-electron chi connectivity index (χ1n) is 14.2. The highest BCUT2D eigenvalue weighted by Gasteiger charge is 2.22. The standard InChI is InChI=1S/C37H24N4O2S/c42-37(43)24-18-20-27(21-19-24)41-31-16-8-7-14-30(31)34-28(15-9-17-32(34)41)29-22-23-33(36-35(29)38-44-39-36)40(25-10-3-1-4-11-25)26-12-5-2-6-13-26/h1-23H,(H,42,43). The van der Waals surface area contributed by atoms with Crippen LogP contribution in [-0.4, -0.2) is 24.4 Å². The molecule has 7 heteroatoms. The minimum Gasteiger partial charge on any atom is -0.478 e. The van der Waals surface area contributed by atoms with Gasteiger partial charge in [0.15, 0.2) is 0 Å². The van der Waals surface area contributed by atoms with Gasteiger partial charge in [0.2, 0.25) is 0 Å². The van der Waals surface area contributed by atoms with Gasteiger partial charge in [-0.1, -0.05) is 66.7 Å². The number of fused-ring (bicyclic) bond motifs is 4. The van der Waals surface area contributed by atoms with Crippen molar-refractivity contribution in [1.82, 2.24) is 13.3 Å². The van der Waals surface area contributed by atoms with E-state index in [1.807, 2.05) is 54.6 Å². The molecule has 8 rings (SSSR count). The quantitative estimate of drug-likeness (QED) is 0.209. The van der Waals surface area contributed by atoms with Gasteiger partial charge in [-0.15, -0.1) is 0 Å². The molecule has 44 heavy (non-hydrogen) atoms. The maximum atomic E-state index is 11.5. The number of aromatic carboxylic acids is 1. The summed E-state index contributed by atoms with van der Waals surface area (Å²) in [5, 5.41) is 11.7. The number of carboxylic acids is 1. The monoisotopic (exact) mass is 588 g/mol. The molecule has 0 bridgehead atoms. The summed E-state index contributed by atoms with van der Waals surface area (Å²) < 4.78 is 11.9. The minimum absolute atomic E-state index is 0.258. The van der Waals surface area contributed by atoms with Crippen LogP contribution in [-0.2, 0) is 0 Å². The fourth-order valence-corrected chi connectivity index (χ4v) is 6.68. The molecule has 210 valence electrons. The smallest absolute Gasteiger partial charge is 0.335 e. The highest BCUT2D eigenvalue weighted by molar-refractivity contribution is 7.00. The van der Waals surface area contributed by atoms with Gasteiger partial charge in [-0.3, -0.25) is 0 Å². The highest BCUT2D eigenvalue weighted by Crippen LogP contribution is 2.44. The van der Waals surface area contributed by atoms with E-state index in [1.165, 1.54) is 11.7 Å². The van der Waals surface area contributed by atoms with Crippen molar-refractivity contribution in [1.29, 1.82) is 0 Å². The normalized spacial score (nSPS) is 11.4. The van der Waals surface area contributed by atoms with Crippen molar-refractivity contribution in [3.8, 4) is 16.8 Å². The molecular weight excluding hydrogens is 565 g/mol. The Labute approximate surface area is 257 Å². The number of nitrogens with zero attached hydrogens (tertiary/aromatic N) is 4. The predicted molar refractivity (Wildman–Crippen MR) is 179 cm³/mol. The van der Waals surface area contributed by atoms with E-state index in [4.69, 9.17) is 8.75 Å². The molecule has 2 heterocycles. The maximum absolute atomic E-state index is 11.5. The van der Waals surface area contributed by atoms with E-state index in [1.54, 1.807) is 12.1 Å². The first-order chi connectivity index (χ1) is 21.7. The summed E-state index contributed by atoms with van der Waals surface area (Å²) in [5.41, 5.74) is 10.0. The SMILES string of the molecule is O=C(O)c1ccc(-n2c3ccccc3c3c(-c4ccc(N(c5ccccc5)c5ccccc5)c5nsnc45)cccc32)cc1. The molecule has 1 N–H and O–H groups in total. The van der Waals surface area contributed by atoms with E-state index >= 15 is 0 Å². The summed E-state index contributed by atoms with van der Waals surface area (Å²) in [5.74, 6) is -0.941. The Balaban J connectivity index is 1.36. The number of benzene rings is 6. The number of hydrogen-bond acceptors (Lipinski definition) is 5. The molecule has 0 spiro atoms. The molecule has 6 aromatic carbocycles. The van der Waals surface area contributed by atoms with E-state index in [-0.39, 0.29) is 5.56 Å². The third-order valence-corrected chi connectivity index (χ3v) is 8.55. The lowest BCUT2D eigenvalue weighted by molar-refractivity contribution is 0.0697. The molecule has 2 aromatic heterocycles. The summed E-state index contributed by atoms with van der Waals surface area (Å²) in [6.45, 7) is 0. The third-order valence-electron chi connectivity index (χ3n) is 8.02. The lowest BCUT2D eigenvalue weighted by Crippen LogP contribution is -2.10. The molecule has 6 nitrogen and oxygen atoms in total. The van der Waals surface area contributed by atoms with Crippen molar-refractivity contribution in [2.75, 3.05) is 4.90 Å². The largest absolute Gasteiger partial charge is 0.478 e. The van der Waals surface area contributed by atoms with Crippen molar-refractivity contribution >= 4 is 67.6 Å². The lowest BCUT2D eigenvalue weighted by Gasteiger charge is -2.25. The van der Waals surface area contributed by atoms with Gasteiger partial charge in [-0.2, -0.15) is 8.75 Å². The fourth-order valence-electron chi connectivity index (χ4n) is 6.11. The Hall–Kier alpha value is -5.79. The Kier molecular flexibility index (Phi) is 6.17. The van der Waals surface area contributed by atoms with Crippen molar-refractivity contribution in [2.24, 2.45) is 0 Å². The summed E-state index contributed by atoms with van der Waals surface area (Å²) in [7, 11) is 0. The Morgan fingerprint density at radius 2 is 1.25 bits per heavy atom. The van der Waals surface area contributed by atoms with Crippen LogP contribution in [0.2, 0.25) is 0 Å². The molecule has 0 aliphatic heterocycles. The van der Waals surface area contributed by atoms with Crippen molar-refractivity contribution < 1.29 is 9.90 Å². The molecule has 0 atom stereocenters. The number of carboxylic acid groups (broad SMARTS) is 1. The average Bonchev–Trinajstić information content (AvgIpc) is 3.70. The topological polar surface area (TPSA) is 71.2 Å². The molecule has 0 saturated heterocycles. The summed E-state index contributed by atoms with van der Waals surface area (Å²) in [6, 6.07) is 46.6. The third kappa shape index (κ3) is 4.13. The van der Waals surface area contributed by atoms with Crippen LogP contribution < -0.4 is 4.90 Å².